The Morgan fingerprint density at radius 3 is 2.65 bits per heavy atom. The van der Waals surface area contributed by atoms with Crippen molar-refractivity contribution in [2.75, 3.05) is 24.5 Å². The maximum atomic E-state index is 13.4. The predicted octanol–water partition coefficient (Wildman–Crippen LogP) is 5.26. The molecule has 3 aromatic rings. The van der Waals surface area contributed by atoms with E-state index in [0.29, 0.717) is 11.6 Å². The van der Waals surface area contributed by atoms with E-state index < -0.39 is 0 Å². The lowest BCUT2D eigenvalue weighted by molar-refractivity contribution is 0.240. The Kier molecular flexibility index (Phi) is 5.87. The van der Waals surface area contributed by atoms with Gasteiger partial charge in [-0.2, -0.15) is 4.98 Å². The van der Waals surface area contributed by atoms with Crippen LogP contribution < -0.4 is 9.64 Å². The summed E-state index contributed by atoms with van der Waals surface area (Å²) in [6.07, 6.45) is 3.19. The molecule has 1 aromatic carbocycles. The molecule has 0 unspecified atom stereocenters. The average molecular weight is 439 g/mol. The van der Waals surface area contributed by atoms with E-state index in [9.17, 15) is 4.39 Å². The third-order valence-electron chi connectivity index (χ3n) is 6.14. The first-order chi connectivity index (χ1) is 15.1. The standard InChI is InChI=1S/C24H27FN4OS/c1-17-8-12-29(13-9-17)24-26-22-10-11-28(15-20-3-2-14-31-20)16-21(22)23(27-24)30-19-6-4-18(25)5-7-19/h2-7,14,17H,8-13,15-16H2,1H3. The highest BCUT2D eigenvalue weighted by Gasteiger charge is 2.27. The quantitative estimate of drug-likeness (QED) is 0.543. The number of hydrogen-bond acceptors (Lipinski definition) is 6. The number of hydrogen-bond donors (Lipinski definition) is 0. The fraction of sp³-hybridized carbons (Fsp3) is 0.417. The smallest absolute Gasteiger partial charge is 0.228 e. The zero-order chi connectivity index (χ0) is 21.2. The molecule has 4 heterocycles. The molecule has 162 valence electrons. The van der Waals surface area contributed by atoms with E-state index in [1.54, 1.807) is 23.5 Å². The number of halogens is 1. The van der Waals surface area contributed by atoms with Gasteiger partial charge >= 0.3 is 0 Å². The van der Waals surface area contributed by atoms with Gasteiger partial charge in [0.1, 0.15) is 11.6 Å². The highest BCUT2D eigenvalue weighted by atomic mass is 32.1. The SMILES string of the molecule is CC1CCN(c2nc3c(c(Oc4ccc(F)cc4)n2)CN(Cc2cccs2)CC3)CC1. The third-order valence-corrected chi connectivity index (χ3v) is 7.00. The lowest BCUT2D eigenvalue weighted by atomic mass is 9.99. The van der Waals surface area contributed by atoms with Crippen LogP contribution in [-0.4, -0.2) is 34.5 Å². The van der Waals surface area contributed by atoms with Gasteiger partial charge in [0.2, 0.25) is 11.8 Å². The van der Waals surface area contributed by atoms with Crippen molar-refractivity contribution in [3.8, 4) is 11.6 Å². The van der Waals surface area contributed by atoms with Crippen LogP contribution in [0.3, 0.4) is 0 Å². The summed E-state index contributed by atoms with van der Waals surface area (Å²) >= 11 is 1.78. The van der Waals surface area contributed by atoms with Crippen molar-refractivity contribution >= 4 is 17.3 Å². The summed E-state index contributed by atoms with van der Waals surface area (Å²) in [6.45, 7) is 6.88. The normalized spacial score (nSPS) is 17.5. The average Bonchev–Trinajstić information content (AvgIpc) is 3.29. The van der Waals surface area contributed by atoms with Crippen LogP contribution in [0.25, 0.3) is 0 Å². The number of aromatic nitrogens is 2. The Morgan fingerprint density at radius 2 is 1.90 bits per heavy atom. The highest BCUT2D eigenvalue weighted by molar-refractivity contribution is 7.09. The van der Waals surface area contributed by atoms with Crippen LogP contribution in [0.1, 0.15) is 35.9 Å². The molecule has 0 amide bonds. The van der Waals surface area contributed by atoms with Crippen LogP contribution >= 0.6 is 11.3 Å². The largest absolute Gasteiger partial charge is 0.438 e. The number of rotatable bonds is 5. The molecule has 7 heteroatoms. The van der Waals surface area contributed by atoms with Crippen molar-refractivity contribution in [2.24, 2.45) is 5.92 Å². The summed E-state index contributed by atoms with van der Waals surface area (Å²) in [4.78, 5) is 15.9. The van der Waals surface area contributed by atoms with Crippen molar-refractivity contribution in [2.45, 2.75) is 39.3 Å². The van der Waals surface area contributed by atoms with E-state index >= 15 is 0 Å². The maximum Gasteiger partial charge on any atom is 0.228 e. The number of ether oxygens (including phenoxy) is 1. The van der Waals surface area contributed by atoms with Crippen molar-refractivity contribution < 1.29 is 9.13 Å². The summed E-state index contributed by atoms with van der Waals surface area (Å²) in [5, 5.41) is 2.12. The lowest BCUT2D eigenvalue weighted by Crippen LogP contribution is -2.36. The molecule has 2 aromatic heterocycles. The molecule has 1 fully saturated rings. The van der Waals surface area contributed by atoms with Crippen molar-refractivity contribution in [1.29, 1.82) is 0 Å². The van der Waals surface area contributed by atoms with Crippen LogP contribution in [0.5, 0.6) is 11.6 Å². The van der Waals surface area contributed by atoms with Crippen molar-refractivity contribution in [3.05, 3.63) is 63.7 Å². The van der Waals surface area contributed by atoms with E-state index in [2.05, 4.69) is 34.2 Å². The van der Waals surface area contributed by atoms with Gasteiger partial charge in [0.15, 0.2) is 0 Å². The minimum absolute atomic E-state index is 0.276. The minimum Gasteiger partial charge on any atom is -0.438 e. The van der Waals surface area contributed by atoms with Crippen LogP contribution in [0.15, 0.2) is 41.8 Å². The molecule has 0 spiro atoms. The van der Waals surface area contributed by atoms with Gasteiger partial charge in [0.05, 0.1) is 11.3 Å². The molecule has 0 bridgehead atoms. The Labute approximate surface area is 186 Å². The zero-order valence-electron chi connectivity index (χ0n) is 17.8. The van der Waals surface area contributed by atoms with E-state index in [0.717, 1.165) is 75.1 Å². The summed E-state index contributed by atoms with van der Waals surface area (Å²) in [5.41, 5.74) is 2.12. The van der Waals surface area contributed by atoms with E-state index in [1.165, 1.54) is 17.0 Å². The fourth-order valence-corrected chi connectivity index (χ4v) is 4.98. The summed E-state index contributed by atoms with van der Waals surface area (Å²) < 4.78 is 19.6. The lowest BCUT2D eigenvalue weighted by Gasteiger charge is -2.33. The second-order valence-electron chi connectivity index (χ2n) is 8.52. The number of nitrogens with zero attached hydrogens (tertiary/aromatic N) is 4. The van der Waals surface area contributed by atoms with Crippen LogP contribution in [0.4, 0.5) is 10.3 Å². The topological polar surface area (TPSA) is 41.5 Å². The van der Waals surface area contributed by atoms with Gasteiger partial charge in [-0.3, -0.25) is 4.90 Å². The van der Waals surface area contributed by atoms with Gasteiger partial charge in [0, 0.05) is 44.0 Å². The molecule has 2 aliphatic rings. The Morgan fingerprint density at radius 1 is 1.10 bits per heavy atom. The molecule has 0 radical (unpaired) electrons. The fourth-order valence-electron chi connectivity index (χ4n) is 4.23. The number of thiophene rings is 1. The van der Waals surface area contributed by atoms with E-state index in [4.69, 9.17) is 14.7 Å². The molecular formula is C24H27FN4OS. The van der Waals surface area contributed by atoms with Gasteiger partial charge in [-0.05, 0) is 54.5 Å². The highest BCUT2D eigenvalue weighted by Crippen LogP contribution is 2.33. The Hall–Kier alpha value is -2.51. The number of benzene rings is 1. The van der Waals surface area contributed by atoms with Gasteiger partial charge in [-0.15, -0.1) is 11.3 Å². The first kappa shape index (κ1) is 20.4. The second kappa shape index (κ2) is 8.93. The zero-order valence-corrected chi connectivity index (χ0v) is 18.6. The monoisotopic (exact) mass is 438 g/mol. The van der Waals surface area contributed by atoms with Crippen molar-refractivity contribution in [3.63, 3.8) is 0 Å². The van der Waals surface area contributed by atoms with E-state index in [-0.39, 0.29) is 5.82 Å². The van der Waals surface area contributed by atoms with Crippen LogP contribution in [0.2, 0.25) is 0 Å². The molecule has 0 atom stereocenters. The molecule has 31 heavy (non-hydrogen) atoms. The molecule has 0 aliphatic carbocycles. The second-order valence-corrected chi connectivity index (χ2v) is 9.55. The molecular weight excluding hydrogens is 411 g/mol. The molecule has 0 N–H and O–H groups in total. The Balaban J connectivity index is 1.45. The molecule has 1 saturated heterocycles. The van der Waals surface area contributed by atoms with Crippen LogP contribution in [-0.2, 0) is 19.5 Å². The number of anilines is 1. The summed E-state index contributed by atoms with van der Waals surface area (Å²) in [7, 11) is 0. The molecule has 5 rings (SSSR count). The first-order valence-corrected chi connectivity index (χ1v) is 11.8. The third kappa shape index (κ3) is 4.72. The maximum absolute atomic E-state index is 13.4. The molecule has 5 nitrogen and oxygen atoms in total. The van der Waals surface area contributed by atoms with Gasteiger partial charge < -0.3 is 9.64 Å². The minimum atomic E-state index is -0.276. The Bertz CT molecular complexity index is 1020. The predicted molar refractivity (Wildman–Crippen MR) is 121 cm³/mol. The van der Waals surface area contributed by atoms with Gasteiger partial charge in [-0.25, -0.2) is 9.37 Å². The molecule has 2 aliphatic heterocycles. The number of piperidine rings is 1. The van der Waals surface area contributed by atoms with Gasteiger partial charge in [0.25, 0.3) is 0 Å². The number of fused-ring (bicyclic) bond motifs is 1. The van der Waals surface area contributed by atoms with Crippen molar-refractivity contribution in [1.82, 2.24) is 14.9 Å². The summed E-state index contributed by atoms with van der Waals surface area (Å²) in [5.74, 6) is 2.42. The van der Waals surface area contributed by atoms with Gasteiger partial charge in [-0.1, -0.05) is 13.0 Å². The summed E-state index contributed by atoms with van der Waals surface area (Å²) in [6, 6.07) is 10.4. The first-order valence-electron chi connectivity index (χ1n) is 11.0. The van der Waals surface area contributed by atoms with Crippen LogP contribution in [0, 0.1) is 11.7 Å². The van der Waals surface area contributed by atoms with E-state index in [1.807, 2.05) is 0 Å². The molecule has 0 saturated carbocycles.